The molecule has 1 aliphatic carbocycles. The van der Waals surface area contributed by atoms with Crippen molar-refractivity contribution in [3.05, 3.63) is 23.3 Å². The van der Waals surface area contributed by atoms with Crippen LogP contribution in [0.2, 0.25) is 0 Å². The maximum atomic E-state index is 4.30. The normalized spacial score (nSPS) is 15.7. The summed E-state index contributed by atoms with van der Waals surface area (Å²) in [5.41, 5.74) is 1.58. The van der Waals surface area contributed by atoms with E-state index in [0.29, 0.717) is 0 Å². The molecule has 0 aliphatic heterocycles. The van der Waals surface area contributed by atoms with Crippen LogP contribution in [0.5, 0.6) is 0 Å². The molecule has 1 aromatic rings. The number of nitrogens with zero attached hydrogens (tertiary/aromatic N) is 3. The van der Waals surface area contributed by atoms with Crippen LogP contribution in [0.3, 0.4) is 0 Å². The van der Waals surface area contributed by atoms with Crippen LogP contribution in [0.15, 0.2) is 11.6 Å². The molecule has 13 heavy (non-hydrogen) atoms. The van der Waals surface area contributed by atoms with Gasteiger partial charge in [-0.3, -0.25) is 0 Å². The van der Waals surface area contributed by atoms with E-state index in [9.17, 15) is 0 Å². The average molecular weight is 177 g/mol. The second-order valence-corrected chi connectivity index (χ2v) is 3.60. The smallest absolute Gasteiger partial charge is 0.147 e. The lowest BCUT2D eigenvalue weighted by Crippen LogP contribution is -2.04. The Morgan fingerprint density at radius 2 is 2.15 bits per heavy atom. The quantitative estimate of drug-likeness (QED) is 0.647. The minimum atomic E-state index is 0.865. The Morgan fingerprint density at radius 3 is 2.62 bits per heavy atom. The molecular weight excluding hydrogens is 162 g/mol. The van der Waals surface area contributed by atoms with Crippen molar-refractivity contribution in [2.75, 3.05) is 0 Å². The number of allylic oxidation sites excluding steroid dienone is 2. The fourth-order valence-electron chi connectivity index (χ4n) is 1.53. The number of hydrogen-bond donors (Lipinski definition) is 0. The first-order valence-electron chi connectivity index (χ1n) is 4.81. The Morgan fingerprint density at radius 1 is 1.38 bits per heavy atom. The largest absolute Gasteiger partial charge is 0.246 e. The summed E-state index contributed by atoms with van der Waals surface area (Å²) in [6.45, 7) is 4.82. The lowest BCUT2D eigenvalue weighted by atomic mass is 9.92. The van der Waals surface area contributed by atoms with Crippen molar-refractivity contribution >= 4 is 0 Å². The summed E-state index contributed by atoms with van der Waals surface area (Å²) in [5, 5.41) is 4.30. The third-order valence-electron chi connectivity index (χ3n) is 2.51. The van der Waals surface area contributed by atoms with Crippen LogP contribution in [0, 0.1) is 13.8 Å². The van der Waals surface area contributed by atoms with E-state index in [4.69, 9.17) is 0 Å². The third-order valence-corrected chi connectivity index (χ3v) is 2.51. The predicted octanol–water partition coefficient (Wildman–Crippen LogP) is 2.01. The van der Waals surface area contributed by atoms with Gasteiger partial charge in [-0.2, -0.15) is 5.10 Å². The van der Waals surface area contributed by atoms with E-state index >= 15 is 0 Å². The summed E-state index contributed by atoms with van der Waals surface area (Å²) < 4.78 is 1.96. The maximum absolute atomic E-state index is 4.30. The molecule has 1 aromatic heterocycles. The molecule has 70 valence electrons. The van der Waals surface area contributed by atoms with E-state index in [1.807, 2.05) is 18.5 Å². The Bertz CT molecular complexity index is 330. The minimum Gasteiger partial charge on any atom is -0.246 e. The maximum Gasteiger partial charge on any atom is 0.147 e. The molecule has 0 N–H and O–H groups in total. The minimum absolute atomic E-state index is 0.865. The first kappa shape index (κ1) is 8.48. The van der Waals surface area contributed by atoms with Gasteiger partial charge in [0.25, 0.3) is 0 Å². The molecule has 1 aliphatic rings. The number of rotatable bonds is 2. The zero-order valence-corrected chi connectivity index (χ0v) is 8.25. The van der Waals surface area contributed by atoms with E-state index in [-0.39, 0.29) is 0 Å². The second kappa shape index (κ2) is 3.32. The lowest BCUT2D eigenvalue weighted by molar-refractivity contribution is 0.623. The first-order chi connectivity index (χ1) is 6.25. The van der Waals surface area contributed by atoms with Crippen LogP contribution in [0.25, 0.3) is 0 Å². The highest BCUT2D eigenvalue weighted by Gasteiger charge is 2.07. The van der Waals surface area contributed by atoms with Gasteiger partial charge in [0.05, 0.1) is 6.54 Å². The van der Waals surface area contributed by atoms with Crippen molar-refractivity contribution < 1.29 is 0 Å². The number of aryl methyl sites for hydroxylation is 2. The first-order valence-corrected chi connectivity index (χ1v) is 4.81. The van der Waals surface area contributed by atoms with Crippen LogP contribution in [0.4, 0.5) is 0 Å². The van der Waals surface area contributed by atoms with Gasteiger partial charge in [0.2, 0.25) is 0 Å². The molecule has 3 nitrogen and oxygen atoms in total. The van der Waals surface area contributed by atoms with Gasteiger partial charge in [-0.15, -0.1) is 0 Å². The van der Waals surface area contributed by atoms with Crippen LogP contribution >= 0.6 is 0 Å². The molecule has 2 rings (SSSR count). The van der Waals surface area contributed by atoms with Gasteiger partial charge in [0.15, 0.2) is 0 Å². The predicted molar refractivity (Wildman–Crippen MR) is 51.4 cm³/mol. The number of aromatic nitrogens is 3. The zero-order valence-electron chi connectivity index (χ0n) is 8.25. The Kier molecular flexibility index (Phi) is 2.17. The van der Waals surface area contributed by atoms with Crippen molar-refractivity contribution in [1.82, 2.24) is 14.8 Å². The highest BCUT2D eigenvalue weighted by Crippen LogP contribution is 2.24. The third kappa shape index (κ3) is 1.79. The van der Waals surface area contributed by atoms with Crippen LogP contribution in [-0.4, -0.2) is 14.8 Å². The van der Waals surface area contributed by atoms with Gasteiger partial charge in [0.1, 0.15) is 11.6 Å². The fourth-order valence-corrected chi connectivity index (χ4v) is 1.53. The van der Waals surface area contributed by atoms with Gasteiger partial charge in [0, 0.05) is 0 Å². The molecule has 0 saturated heterocycles. The summed E-state index contributed by atoms with van der Waals surface area (Å²) in [7, 11) is 0. The Hall–Kier alpha value is -1.12. The van der Waals surface area contributed by atoms with Crippen molar-refractivity contribution in [2.24, 2.45) is 0 Å². The van der Waals surface area contributed by atoms with Crippen molar-refractivity contribution in [3.8, 4) is 0 Å². The van der Waals surface area contributed by atoms with Crippen LogP contribution in [-0.2, 0) is 6.54 Å². The fraction of sp³-hybridized carbons (Fsp3) is 0.600. The van der Waals surface area contributed by atoms with Crippen molar-refractivity contribution in [1.29, 1.82) is 0 Å². The van der Waals surface area contributed by atoms with Gasteiger partial charge >= 0.3 is 0 Å². The van der Waals surface area contributed by atoms with Gasteiger partial charge in [-0.1, -0.05) is 11.6 Å². The highest BCUT2D eigenvalue weighted by atomic mass is 15.3. The van der Waals surface area contributed by atoms with Crippen LogP contribution in [0.1, 0.15) is 30.9 Å². The van der Waals surface area contributed by atoms with Crippen molar-refractivity contribution in [2.45, 2.75) is 39.7 Å². The summed E-state index contributed by atoms with van der Waals surface area (Å²) >= 11 is 0. The molecule has 0 amide bonds. The van der Waals surface area contributed by atoms with E-state index in [1.54, 1.807) is 5.57 Å². The molecule has 1 fully saturated rings. The molecule has 0 spiro atoms. The second-order valence-electron chi connectivity index (χ2n) is 3.60. The van der Waals surface area contributed by atoms with E-state index in [1.165, 1.54) is 19.3 Å². The van der Waals surface area contributed by atoms with Gasteiger partial charge < -0.3 is 0 Å². The molecule has 0 radical (unpaired) electrons. The molecule has 0 atom stereocenters. The van der Waals surface area contributed by atoms with Crippen molar-refractivity contribution in [3.63, 3.8) is 0 Å². The molecule has 1 heterocycles. The summed E-state index contributed by atoms with van der Waals surface area (Å²) in [4.78, 5) is 4.26. The standard InChI is InChI=1S/C10H15N3/c1-8-11-9(2)13(12-8)7-6-10-4-3-5-10/h6H,3-5,7H2,1-2H3. The van der Waals surface area contributed by atoms with Gasteiger partial charge in [-0.05, 0) is 33.1 Å². The number of hydrogen-bond acceptors (Lipinski definition) is 2. The monoisotopic (exact) mass is 177 g/mol. The van der Waals surface area contributed by atoms with E-state index in [2.05, 4.69) is 16.2 Å². The summed E-state index contributed by atoms with van der Waals surface area (Å²) in [5.74, 6) is 1.87. The van der Waals surface area contributed by atoms with Crippen LogP contribution < -0.4 is 0 Å². The molecule has 0 aromatic carbocycles. The SMILES string of the molecule is Cc1nc(C)n(CC=C2CCC2)n1. The molecular formula is C10H15N3. The lowest BCUT2D eigenvalue weighted by Gasteiger charge is -2.15. The molecule has 3 heteroatoms. The molecule has 0 bridgehead atoms. The van der Waals surface area contributed by atoms with Gasteiger partial charge in [-0.25, -0.2) is 9.67 Å². The Balaban J connectivity index is 2.04. The van der Waals surface area contributed by atoms with E-state index < -0.39 is 0 Å². The highest BCUT2D eigenvalue weighted by molar-refractivity contribution is 5.09. The molecule has 1 saturated carbocycles. The molecule has 0 unspecified atom stereocenters. The Labute approximate surface area is 78.5 Å². The summed E-state index contributed by atoms with van der Waals surface area (Å²) in [6, 6.07) is 0. The topological polar surface area (TPSA) is 30.7 Å². The zero-order chi connectivity index (χ0) is 9.26. The summed E-state index contributed by atoms with van der Waals surface area (Å²) in [6.07, 6.45) is 6.21. The average Bonchev–Trinajstić information content (AvgIpc) is 2.27. The van der Waals surface area contributed by atoms with E-state index in [0.717, 1.165) is 18.2 Å².